The molecule has 5 nitrogen and oxygen atoms in total. The van der Waals surface area contributed by atoms with Gasteiger partial charge < -0.3 is 16.0 Å². The molecule has 3 N–H and O–H groups in total. The van der Waals surface area contributed by atoms with Gasteiger partial charge in [0.1, 0.15) is 6.04 Å². The Hall–Kier alpha value is -2.04. The number of para-hydroxylation sites is 1. The zero-order valence-corrected chi connectivity index (χ0v) is 12.6. The van der Waals surface area contributed by atoms with E-state index in [4.69, 9.17) is 5.73 Å². The van der Waals surface area contributed by atoms with Crippen molar-refractivity contribution in [3.05, 3.63) is 29.8 Å². The fraction of sp³-hybridized carbons (Fsp3) is 0.500. The molecule has 1 aliphatic heterocycles. The van der Waals surface area contributed by atoms with Gasteiger partial charge in [-0.3, -0.25) is 9.59 Å². The monoisotopic (exact) mass is 289 g/mol. The van der Waals surface area contributed by atoms with Crippen LogP contribution in [0.25, 0.3) is 0 Å². The van der Waals surface area contributed by atoms with E-state index in [0.717, 1.165) is 5.56 Å². The van der Waals surface area contributed by atoms with Gasteiger partial charge in [-0.2, -0.15) is 0 Å². The van der Waals surface area contributed by atoms with Crippen molar-refractivity contribution in [3.8, 4) is 0 Å². The molecule has 1 aliphatic rings. The summed E-state index contributed by atoms with van der Waals surface area (Å²) < 4.78 is 0. The maximum Gasteiger partial charge on any atom is 0.245 e. The first-order valence-corrected chi connectivity index (χ1v) is 7.42. The summed E-state index contributed by atoms with van der Waals surface area (Å²) in [6.07, 6.45) is 1.63. The molecule has 1 saturated heterocycles. The van der Waals surface area contributed by atoms with Gasteiger partial charge in [0.25, 0.3) is 0 Å². The summed E-state index contributed by atoms with van der Waals surface area (Å²) in [5.74, 6) is -0.0696. The lowest BCUT2D eigenvalue weighted by molar-refractivity contribution is -0.133. The Kier molecular flexibility index (Phi) is 4.83. The number of aryl methyl sites for hydroxylation is 1. The van der Waals surface area contributed by atoms with Gasteiger partial charge in [0.15, 0.2) is 0 Å². The van der Waals surface area contributed by atoms with E-state index in [1.165, 1.54) is 0 Å². The van der Waals surface area contributed by atoms with Gasteiger partial charge in [0, 0.05) is 24.7 Å². The standard InChI is InChI=1S/C16H23N3O2/c1-11(2)19-10-9-14(16(19)21)18-15(20)8-7-12-5-3-4-6-13(12)17/h3-6,11,14H,7-10,17H2,1-2H3,(H,18,20). The Labute approximate surface area is 125 Å². The van der Waals surface area contributed by atoms with E-state index in [2.05, 4.69) is 5.32 Å². The highest BCUT2D eigenvalue weighted by atomic mass is 16.2. The molecule has 0 radical (unpaired) electrons. The maximum absolute atomic E-state index is 12.1. The number of rotatable bonds is 5. The van der Waals surface area contributed by atoms with Crippen molar-refractivity contribution in [3.63, 3.8) is 0 Å². The van der Waals surface area contributed by atoms with Crippen LogP contribution in [0.15, 0.2) is 24.3 Å². The van der Waals surface area contributed by atoms with Crippen LogP contribution in [0.3, 0.4) is 0 Å². The van der Waals surface area contributed by atoms with E-state index in [1.54, 1.807) is 4.90 Å². The van der Waals surface area contributed by atoms with Crippen LogP contribution >= 0.6 is 0 Å². The summed E-state index contributed by atoms with van der Waals surface area (Å²) in [5, 5.41) is 2.83. The van der Waals surface area contributed by atoms with Gasteiger partial charge in [-0.1, -0.05) is 18.2 Å². The summed E-state index contributed by atoms with van der Waals surface area (Å²) in [5.41, 5.74) is 7.52. The van der Waals surface area contributed by atoms with Gasteiger partial charge in [-0.25, -0.2) is 0 Å². The Morgan fingerprint density at radius 1 is 1.43 bits per heavy atom. The lowest BCUT2D eigenvalue weighted by Gasteiger charge is -2.21. The summed E-state index contributed by atoms with van der Waals surface area (Å²) in [4.78, 5) is 25.9. The first-order chi connectivity index (χ1) is 9.99. The van der Waals surface area contributed by atoms with Crippen molar-refractivity contribution < 1.29 is 9.59 Å². The summed E-state index contributed by atoms with van der Waals surface area (Å²) >= 11 is 0. The number of benzene rings is 1. The molecular weight excluding hydrogens is 266 g/mol. The van der Waals surface area contributed by atoms with Gasteiger partial charge in [0.2, 0.25) is 11.8 Å². The van der Waals surface area contributed by atoms with E-state index in [9.17, 15) is 9.59 Å². The van der Waals surface area contributed by atoms with Crippen LogP contribution in [-0.4, -0.2) is 35.3 Å². The third-order valence-corrected chi connectivity index (χ3v) is 3.87. The van der Waals surface area contributed by atoms with Crippen LogP contribution in [0.5, 0.6) is 0 Å². The van der Waals surface area contributed by atoms with E-state index in [0.29, 0.717) is 31.5 Å². The fourth-order valence-corrected chi connectivity index (χ4v) is 2.63. The molecule has 0 aliphatic carbocycles. The second kappa shape index (κ2) is 6.61. The minimum atomic E-state index is -0.368. The molecule has 1 aromatic rings. The molecule has 5 heteroatoms. The Balaban J connectivity index is 1.83. The van der Waals surface area contributed by atoms with Crippen molar-refractivity contribution in [1.29, 1.82) is 0 Å². The van der Waals surface area contributed by atoms with Gasteiger partial charge in [-0.15, -0.1) is 0 Å². The van der Waals surface area contributed by atoms with Crippen LogP contribution in [0, 0.1) is 0 Å². The van der Waals surface area contributed by atoms with Gasteiger partial charge in [0.05, 0.1) is 0 Å². The molecule has 1 fully saturated rings. The Morgan fingerprint density at radius 2 is 2.14 bits per heavy atom. The second-order valence-corrected chi connectivity index (χ2v) is 5.73. The topological polar surface area (TPSA) is 75.4 Å². The molecule has 1 heterocycles. The molecule has 1 unspecified atom stereocenters. The summed E-state index contributed by atoms with van der Waals surface area (Å²) in [7, 11) is 0. The zero-order chi connectivity index (χ0) is 15.4. The molecule has 1 aromatic carbocycles. The molecule has 2 rings (SSSR count). The highest BCUT2D eigenvalue weighted by Gasteiger charge is 2.33. The number of amides is 2. The third-order valence-electron chi connectivity index (χ3n) is 3.87. The summed E-state index contributed by atoms with van der Waals surface area (Å²) in [6, 6.07) is 7.34. The number of nitrogen functional groups attached to an aromatic ring is 1. The maximum atomic E-state index is 12.1. The smallest absolute Gasteiger partial charge is 0.245 e. The highest BCUT2D eigenvalue weighted by molar-refractivity contribution is 5.89. The number of carbonyl (C=O) groups excluding carboxylic acids is 2. The number of nitrogens with two attached hydrogens (primary N) is 1. The number of carbonyl (C=O) groups is 2. The van der Waals surface area contributed by atoms with Gasteiger partial charge >= 0.3 is 0 Å². The van der Waals surface area contributed by atoms with Crippen molar-refractivity contribution in [1.82, 2.24) is 10.2 Å². The van der Waals surface area contributed by atoms with Crippen molar-refractivity contribution in [2.45, 2.75) is 45.2 Å². The number of nitrogens with zero attached hydrogens (tertiary/aromatic N) is 1. The molecule has 0 aromatic heterocycles. The Bertz CT molecular complexity index is 528. The van der Waals surface area contributed by atoms with Gasteiger partial charge in [-0.05, 0) is 38.3 Å². The van der Waals surface area contributed by atoms with Crippen LogP contribution in [0.2, 0.25) is 0 Å². The number of nitrogens with one attached hydrogen (secondary N) is 1. The minimum Gasteiger partial charge on any atom is -0.399 e. The fourth-order valence-electron chi connectivity index (χ4n) is 2.63. The molecule has 1 atom stereocenters. The number of hydrogen-bond acceptors (Lipinski definition) is 3. The third kappa shape index (κ3) is 3.74. The predicted octanol–water partition coefficient (Wildman–Crippen LogP) is 1.33. The largest absolute Gasteiger partial charge is 0.399 e. The lowest BCUT2D eigenvalue weighted by atomic mass is 10.1. The normalized spacial score (nSPS) is 18.3. The molecule has 21 heavy (non-hydrogen) atoms. The van der Waals surface area contributed by atoms with Crippen molar-refractivity contribution >= 4 is 17.5 Å². The second-order valence-electron chi connectivity index (χ2n) is 5.73. The zero-order valence-electron chi connectivity index (χ0n) is 12.6. The van der Waals surface area contributed by atoms with Crippen LogP contribution in [-0.2, 0) is 16.0 Å². The SMILES string of the molecule is CC(C)N1CCC(NC(=O)CCc2ccccc2N)C1=O. The Morgan fingerprint density at radius 3 is 2.76 bits per heavy atom. The van der Waals surface area contributed by atoms with Crippen LogP contribution in [0.4, 0.5) is 5.69 Å². The molecule has 0 saturated carbocycles. The van der Waals surface area contributed by atoms with Crippen LogP contribution in [0.1, 0.15) is 32.3 Å². The average molecular weight is 289 g/mol. The number of anilines is 1. The first kappa shape index (κ1) is 15.4. The quantitative estimate of drug-likeness (QED) is 0.803. The van der Waals surface area contributed by atoms with E-state index >= 15 is 0 Å². The molecule has 0 spiro atoms. The van der Waals surface area contributed by atoms with E-state index in [-0.39, 0.29) is 23.9 Å². The molecule has 0 bridgehead atoms. The average Bonchev–Trinajstić information content (AvgIpc) is 2.79. The molecule has 2 amide bonds. The van der Waals surface area contributed by atoms with Crippen molar-refractivity contribution in [2.75, 3.05) is 12.3 Å². The van der Waals surface area contributed by atoms with E-state index < -0.39 is 0 Å². The molecule has 114 valence electrons. The van der Waals surface area contributed by atoms with Crippen LogP contribution < -0.4 is 11.1 Å². The molecular formula is C16H23N3O2. The minimum absolute atomic E-state index is 0.0255. The lowest BCUT2D eigenvalue weighted by Crippen LogP contribution is -2.43. The predicted molar refractivity (Wildman–Crippen MR) is 82.6 cm³/mol. The van der Waals surface area contributed by atoms with Crippen molar-refractivity contribution in [2.24, 2.45) is 0 Å². The summed E-state index contributed by atoms with van der Waals surface area (Å²) in [6.45, 7) is 4.69. The van der Waals surface area contributed by atoms with E-state index in [1.807, 2.05) is 38.1 Å². The number of likely N-dealkylation sites (tertiary alicyclic amines) is 1. The highest BCUT2D eigenvalue weighted by Crippen LogP contribution is 2.15. The first-order valence-electron chi connectivity index (χ1n) is 7.42. The number of hydrogen-bond donors (Lipinski definition) is 2.